The van der Waals surface area contributed by atoms with Gasteiger partial charge in [0.25, 0.3) is 5.91 Å². The van der Waals surface area contributed by atoms with Gasteiger partial charge in [-0.3, -0.25) is 9.59 Å². The number of nitrogens with zero attached hydrogens (tertiary/aromatic N) is 2. The van der Waals surface area contributed by atoms with E-state index < -0.39 is 0 Å². The molecule has 2 heterocycles. The number of amides is 2. The van der Waals surface area contributed by atoms with Crippen LogP contribution in [0.1, 0.15) is 55.8 Å². The third-order valence-electron chi connectivity index (χ3n) is 6.13. The predicted octanol–water partition coefficient (Wildman–Crippen LogP) is 5.84. The molecule has 160 valence electrons. The van der Waals surface area contributed by atoms with E-state index in [0.29, 0.717) is 12.2 Å². The van der Waals surface area contributed by atoms with Crippen LogP contribution in [0.5, 0.6) is 0 Å². The molecule has 0 bridgehead atoms. The number of fused-ring (bicyclic) bond motifs is 1. The zero-order valence-electron chi connectivity index (χ0n) is 18.2. The van der Waals surface area contributed by atoms with Crippen molar-refractivity contribution < 1.29 is 14.0 Å². The van der Waals surface area contributed by atoms with Gasteiger partial charge in [0.1, 0.15) is 0 Å². The molecule has 4 rings (SSSR count). The summed E-state index contributed by atoms with van der Waals surface area (Å²) in [6, 6.07) is 20.8. The fourth-order valence-corrected chi connectivity index (χ4v) is 4.32. The number of para-hydroxylation sites is 2. The lowest BCUT2D eigenvalue weighted by Crippen LogP contribution is -2.48. The van der Waals surface area contributed by atoms with Gasteiger partial charge >= 0.3 is 0 Å². The van der Waals surface area contributed by atoms with Crippen molar-refractivity contribution >= 4 is 23.2 Å². The average Bonchev–Trinajstić information content (AvgIpc) is 3.34. The van der Waals surface area contributed by atoms with Gasteiger partial charge in [-0.1, -0.05) is 50.2 Å². The summed E-state index contributed by atoms with van der Waals surface area (Å²) < 4.78 is 5.38. The van der Waals surface area contributed by atoms with E-state index in [1.54, 1.807) is 17.0 Å². The van der Waals surface area contributed by atoms with E-state index >= 15 is 0 Å². The summed E-state index contributed by atoms with van der Waals surface area (Å²) in [5, 5.41) is 0. The van der Waals surface area contributed by atoms with Crippen molar-refractivity contribution in [3.8, 4) is 0 Å². The van der Waals surface area contributed by atoms with Crippen LogP contribution >= 0.6 is 0 Å². The van der Waals surface area contributed by atoms with E-state index in [1.807, 2.05) is 80.3 Å². The Morgan fingerprint density at radius 2 is 1.77 bits per heavy atom. The lowest BCUT2D eigenvalue weighted by Gasteiger charge is -2.44. The topological polar surface area (TPSA) is 53.8 Å². The van der Waals surface area contributed by atoms with Gasteiger partial charge in [0.15, 0.2) is 5.76 Å². The zero-order valence-corrected chi connectivity index (χ0v) is 18.2. The Kier molecular flexibility index (Phi) is 5.94. The van der Waals surface area contributed by atoms with Crippen molar-refractivity contribution in [1.82, 2.24) is 0 Å². The SMILES string of the molecule is CC[C@@H](C)C(=O)N(c1ccccc1)[C@H]1C[C@H](C)N(C(=O)c2ccco2)c2ccccc21. The molecule has 0 saturated heterocycles. The Labute approximate surface area is 183 Å². The van der Waals surface area contributed by atoms with Gasteiger partial charge in [-0.15, -0.1) is 0 Å². The first kappa shape index (κ1) is 20.9. The molecule has 0 aliphatic carbocycles. The summed E-state index contributed by atoms with van der Waals surface area (Å²) in [4.78, 5) is 30.5. The van der Waals surface area contributed by atoms with Crippen molar-refractivity contribution in [1.29, 1.82) is 0 Å². The molecular formula is C26H28N2O3. The van der Waals surface area contributed by atoms with Gasteiger partial charge in [-0.2, -0.15) is 0 Å². The fourth-order valence-electron chi connectivity index (χ4n) is 4.32. The second kappa shape index (κ2) is 8.80. The normalized spacial score (nSPS) is 18.9. The van der Waals surface area contributed by atoms with Crippen molar-refractivity contribution in [2.24, 2.45) is 5.92 Å². The maximum absolute atomic E-state index is 13.5. The molecule has 2 amide bonds. The Bertz CT molecular complexity index is 1050. The maximum atomic E-state index is 13.5. The van der Waals surface area contributed by atoms with Gasteiger partial charge in [0, 0.05) is 23.3 Å². The van der Waals surface area contributed by atoms with Crippen LogP contribution in [0.3, 0.4) is 0 Å². The minimum atomic E-state index is -0.164. The van der Waals surface area contributed by atoms with Gasteiger partial charge < -0.3 is 14.2 Å². The molecule has 0 radical (unpaired) electrons. The molecule has 5 heteroatoms. The first-order chi connectivity index (χ1) is 15.0. The van der Waals surface area contributed by atoms with Crippen LogP contribution in [0, 0.1) is 5.92 Å². The average molecular weight is 417 g/mol. The van der Waals surface area contributed by atoms with Crippen molar-refractivity contribution in [2.75, 3.05) is 9.80 Å². The number of furan rings is 1. The Morgan fingerprint density at radius 3 is 2.45 bits per heavy atom. The third kappa shape index (κ3) is 3.88. The molecule has 1 aliphatic rings. The lowest BCUT2D eigenvalue weighted by atomic mass is 9.89. The van der Waals surface area contributed by atoms with Crippen LogP contribution in [0.25, 0.3) is 0 Å². The summed E-state index contributed by atoms with van der Waals surface area (Å²) in [7, 11) is 0. The molecule has 0 saturated carbocycles. The fraction of sp³-hybridized carbons (Fsp3) is 0.308. The molecular weight excluding hydrogens is 388 g/mol. The molecule has 31 heavy (non-hydrogen) atoms. The van der Waals surface area contributed by atoms with E-state index in [9.17, 15) is 9.59 Å². The van der Waals surface area contributed by atoms with Crippen LogP contribution < -0.4 is 9.80 Å². The Balaban J connectivity index is 1.81. The number of carbonyl (C=O) groups is 2. The summed E-state index contributed by atoms with van der Waals surface area (Å²) >= 11 is 0. The summed E-state index contributed by atoms with van der Waals surface area (Å²) in [6.07, 6.45) is 2.92. The second-order valence-electron chi connectivity index (χ2n) is 8.16. The van der Waals surface area contributed by atoms with Crippen LogP contribution in [-0.4, -0.2) is 17.9 Å². The molecule has 5 nitrogen and oxygen atoms in total. The lowest BCUT2D eigenvalue weighted by molar-refractivity contribution is -0.122. The first-order valence-electron chi connectivity index (χ1n) is 10.9. The highest BCUT2D eigenvalue weighted by molar-refractivity contribution is 6.06. The van der Waals surface area contributed by atoms with Crippen molar-refractivity contribution in [2.45, 2.75) is 45.7 Å². The third-order valence-corrected chi connectivity index (χ3v) is 6.13. The quantitative estimate of drug-likeness (QED) is 0.525. The monoisotopic (exact) mass is 416 g/mol. The van der Waals surface area contributed by atoms with E-state index in [-0.39, 0.29) is 29.8 Å². The number of carbonyl (C=O) groups excluding carboxylic acids is 2. The van der Waals surface area contributed by atoms with E-state index in [2.05, 4.69) is 0 Å². The first-order valence-corrected chi connectivity index (χ1v) is 10.9. The zero-order chi connectivity index (χ0) is 22.0. The summed E-state index contributed by atoms with van der Waals surface area (Å²) in [5.74, 6) is 0.163. The van der Waals surface area contributed by atoms with Crippen molar-refractivity contribution in [3.63, 3.8) is 0 Å². The largest absolute Gasteiger partial charge is 0.459 e. The van der Waals surface area contributed by atoms with Gasteiger partial charge in [0.2, 0.25) is 5.91 Å². The summed E-state index contributed by atoms with van der Waals surface area (Å²) in [6.45, 7) is 6.04. The molecule has 3 atom stereocenters. The molecule has 0 spiro atoms. The van der Waals surface area contributed by atoms with Crippen LogP contribution in [0.2, 0.25) is 0 Å². The highest BCUT2D eigenvalue weighted by atomic mass is 16.3. The van der Waals surface area contributed by atoms with E-state index in [0.717, 1.165) is 23.4 Å². The molecule has 1 aliphatic heterocycles. The molecule has 3 aromatic rings. The highest BCUT2D eigenvalue weighted by Gasteiger charge is 2.39. The number of rotatable bonds is 5. The molecule has 0 fully saturated rings. The maximum Gasteiger partial charge on any atom is 0.294 e. The van der Waals surface area contributed by atoms with Crippen LogP contribution in [0.15, 0.2) is 77.4 Å². The van der Waals surface area contributed by atoms with Gasteiger partial charge in [0.05, 0.1) is 12.3 Å². The molecule has 2 aromatic carbocycles. The highest BCUT2D eigenvalue weighted by Crippen LogP contribution is 2.43. The predicted molar refractivity (Wildman–Crippen MR) is 122 cm³/mol. The number of hydrogen-bond donors (Lipinski definition) is 0. The van der Waals surface area contributed by atoms with Gasteiger partial charge in [-0.25, -0.2) is 0 Å². The molecule has 1 aromatic heterocycles. The minimum absolute atomic E-state index is 0.0922. The second-order valence-corrected chi connectivity index (χ2v) is 8.16. The van der Waals surface area contributed by atoms with E-state index in [4.69, 9.17) is 4.42 Å². The molecule has 0 N–H and O–H groups in total. The number of anilines is 2. The molecule has 0 unspecified atom stereocenters. The Hall–Kier alpha value is -3.34. The number of hydrogen-bond acceptors (Lipinski definition) is 3. The van der Waals surface area contributed by atoms with E-state index in [1.165, 1.54) is 6.26 Å². The standard InChI is InChI=1S/C26H28N2O3/c1-4-18(2)25(29)28(20-11-6-5-7-12-20)23-17-19(3)27(22-14-9-8-13-21(22)23)26(30)24-15-10-16-31-24/h5-16,18-19,23H,4,17H2,1-3H3/t18-,19+,23+/m1/s1. The van der Waals surface area contributed by atoms with Crippen LogP contribution in [-0.2, 0) is 4.79 Å². The summed E-state index contributed by atoms with van der Waals surface area (Å²) in [5.41, 5.74) is 2.68. The van der Waals surface area contributed by atoms with Crippen LogP contribution in [0.4, 0.5) is 11.4 Å². The van der Waals surface area contributed by atoms with Crippen molar-refractivity contribution in [3.05, 3.63) is 84.3 Å². The Morgan fingerprint density at radius 1 is 1.06 bits per heavy atom. The minimum Gasteiger partial charge on any atom is -0.459 e. The number of benzene rings is 2. The van der Waals surface area contributed by atoms with Gasteiger partial charge in [-0.05, 0) is 55.7 Å². The smallest absolute Gasteiger partial charge is 0.294 e.